The van der Waals surface area contributed by atoms with Gasteiger partial charge in [0.25, 0.3) is 11.8 Å². The molecule has 1 aromatic carbocycles. The molecule has 0 radical (unpaired) electrons. The number of likely N-dealkylation sites (N-methyl/N-ethyl adjacent to an activating group) is 1. The van der Waals surface area contributed by atoms with Crippen molar-refractivity contribution in [3.05, 3.63) is 66.2 Å². The van der Waals surface area contributed by atoms with Crippen LogP contribution in [0.15, 0.2) is 54.7 Å². The molecule has 0 spiro atoms. The Kier molecular flexibility index (Phi) is 5.58. The summed E-state index contributed by atoms with van der Waals surface area (Å²) in [7, 11) is 3.79. The Morgan fingerprint density at radius 2 is 1.63 bits per heavy atom. The smallest absolute Gasteiger partial charge is 0.290 e. The third kappa shape index (κ3) is 4.23. The van der Waals surface area contributed by atoms with Crippen LogP contribution in [0.5, 0.6) is 0 Å². The first-order valence-corrected chi connectivity index (χ1v) is 9.86. The lowest BCUT2D eigenvalue weighted by Gasteiger charge is -2.32. The molecule has 2 aromatic heterocycles. The fraction of sp³-hybridized carbons (Fsp3) is 0.273. The predicted octanol–water partition coefficient (Wildman–Crippen LogP) is 2.12. The standard InChI is InChI=1S/C22H24N6O2/c1-26-11-13-28(14-12-26)22(30)20-24-19(15-27(20)2)25-21(29)18-10-6-9-17(23-18)16-7-4-3-5-8-16/h3-10,15H,11-14H2,1-2H3,(H,25,29). The van der Waals surface area contributed by atoms with Gasteiger partial charge in [-0.2, -0.15) is 0 Å². The number of imidazole rings is 1. The summed E-state index contributed by atoms with van der Waals surface area (Å²) in [5.41, 5.74) is 1.94. The van der Waals surface area contributed by atoms with E-state index >= 15 is 0 Å². The van der Waals surface area contributed by atoms with Crippen LogP contribution < -0.4 is 5.32 Å². The minimum Gasteiger partial charge on any atom is -0.333 e. The highest BCUT2D eigenvalue weighted by molar-refractivity contribution is 6.03. The molecular weight excluding hydrogens is 380 g/mol. The second-order valence-corrected chi connectivity index (χ2v) is 7.38. The number of hydrogen-bond donors (Lipinski definition) is 1. The topological polar surface area (TPSA) is 83.4 Å². The highest BCUT2D eigenvalue weighted by Crippen LogP contribution is 2.17. The molecule has 1 aliphatic rings. The van der Waals surface area contributed by atoms with Crippen LogP contribution in [-0.2, 0) is 7.05 Å². The fourth-order valence-corrected chi connectivity index (χ4v) is 3.39. The third-order valence-electron chi connectivity index (χ3n) is 5.15. The molecule has 0 bridgehead atoms. The number of hydrogen-bond acceptors (Lipinski definition) is 5. The van der Waals surface area contributed by atoms with Gasteiger partial charge in [0.2, 0.25) is 5.82 Å². The Morgan fingerprint density at radius 1 is 0.900 bits per heavy atom. The normalized spacial score (nSPS) is 14.5. The van der Waals surface area contributed by atoms with Crippen molar-refractivity contribution in [1.29, 1.82) is 0 Å². The van der Waals surface area contributed by atoms with Crippen molar-refractivity contribution in [2.45, 2.75) is 0 Å². The molecule has 2 amide bonds. The van der Waals surface area contributed by atoms with E-state index < -0.39 is 0 Å². The highest BCUT2D eigenvalue weighted by atomic mass is 16.2. The molecule has 3 heterocycles. The van der Waals surface area contributed by atoms with Crippen LogP contribution in [0, 0.1) is 0 Å². The Balaban J connectivity index is 1.48. The number of nitrogens with zero attached hydrogens (tertiary/aromatic N) is 5. The summed E-state index contributed by atoms with van der Waals surface area (Å²) < 4.78 is 1.64. The Morgan fingerprint density at radius 3 is 2.37 bits per heavy atom. The van der Waals surface area contributed by atoms with E-state index in [0.717, 1.165) is 24.3 Å². The number of nitrogens with one attached hydrogen (secondary N) is 1. The van der Waals surface area contributed by atoms with E-state index in [1.165, 1.54) is 0 Å². The maximum absolute atomic E-state index is 12.8. The van der Waals surface area contributed by atoms with E-state index in [1.54, 1.807) is 34.8 Å². The summed E-state index contributed by atoms with van der Waals surface area (Å²) in [6, 6.07) is 15.0. The molecule has 0 atom stereocenters. The Labute approximate surface area is 175 Å². The Bertz CT molecular complexity index is 1050. The van der Waals surface area contributed by atoms with Crippen molar-refractivity contribution in [3.8, 4) is 11.3 Å². The van der Waals surface area contributed by atoms with Crippen LogP contribution in [-0.4, -0.2) is 69.4 Å². The first-order valence-electron chi connectivity index (χ1n) is 9.86. The molecule has 8 nitrogen and oxygen atoms in total. The molecular formula is C22H24N6O2. The lowest BCUT2D eigenvalue weighted by Crippen LogP contribution is -2.47. The summed E-state index contributed by atoms with van der Waals surface area (Å²) >= 11 is 0. The van der Waals surface area contributed by atoms with Gasteiger partial charge >= 0.3 is 0 Å². The number of aromatic nitrogens is 3. The summed E-state index contributed by atoms with van der Waals surface area (Å²) in [4.78, 5) is 38.3. The summed E-state index contributed by atoms with van der Waals surface area (Å²) in [5, 5.41) is 2.75. The number of carbonyl (C=O) groups is 2. The first-order chi connectivity index (χ1) is 14.5. The number of benzene rings is 1. The van der Waals surface area contributed by atoms with Gasteiger partial charge < -0.3 is 19.7 Å². The van der Waals surface area contributed by atoms with Gasteiger partial charge in [0.1, 0.15) is 5.69 Å². The lowest BCUT2D eigenvalue weighted by molar-refractivity contribution is 0.0648. The summed E-state index contributed by atoms with van der Waals surface area (Å²) in [6.45, 7) is 3.01. The minimum atomic E-state index is -0.371. The molecule has 154 valence electrons. The first kappa shape index (κ1) is 19.8. The average molecular weight is 404 g/mol. The molecule has 1 aliphatic heterocycles. The molecule has 0 aliphatic carbocycles. The van der Waals surface area contributed by atoms with Crippen LogP contribution in [0.2, 0.25) is 0 Å². The minimum absolute atomic E-state index is 0.129. The molecule has 30 heavy (non-hydrogen) atoms. The van der Waals surface area contributed by atoms with Crippen LogP contribution in [0.25, 0.3) is 11.3 Å². The SMILES string of the molecule is CN1CCN(C(=O)c2nc(NC(=O)c3cccc(-c4ccccc4)n3)cn2C)CC1. The average Bonchev–Trinajstić information content (AvgIpc) is 3.14. The van der Waals surface area contributed by atoms with Crippen molar-refractivity contribution >= 4 is 17.6 Å². The number of piperazine rings is 1. The zero-order valence-corrected chi connectivity index (χ0v) is 17.1. The molecule has 0 unspecified atom stereocenters. The van der Waals surface area contributed by atoms with Crippen molar-refractivity contribution in [1.82, 2.24) is 24.3 Å². The summed E-state index contributed by atoms with van der Waals surface area (Å²) in [6.07, 6.45) is 1.64. The van der Waals surface area contributed by atoms with E-state index in [-0.39, 0.29) is 17.5 Å². The molecule has 3 aromatic rings. The predicted molar refractivity (Wildman–Crippen MR) is 114 cm³/mol. The van der Waals surface area contributed by atoms with Gasteiger partial charge in [-0.1, -0.05) is 36.4 Å². The number of carbonyl (C=O) groups excluding carboxylic acids is 2. The molecule has 4 rings (SSSR count). The number of anilines is 1. The van der Waals surface area contributed by atoms with Crippen molar-refractivity contribution in [2.24, 2.45) is 7.05 Å². The van der Waals surface area contributed by atoms with Crippen LogP contribution in [0.3, 0.4) is 0 Å². The molecule has 1 saturated heterocycles. The van der Waals surface area contributed by atoms with E-state index in [1.807, 2.05) is 43.4 Å². The van der Waals surface area contributed by atoms with Gasteiger partial charge in [0.15, 0.2) is 5.82 Å². The zero-order valence-electron chi connectivity index (χ0n) is 17.1. The number of amides is 2. The van der Waals surface area contributed by atoms with Gasteiger partial charge in [0.05, 0.1) is 5.69 Å². The van der Waals surface area contributed by atoms with E-state index in [0.29, 0.717) is 24.7 Å². The monoisotopic (exact) mass is 404 g/mol. The number of pyridine rings is 1. The lowest BCUT2D eigenvalue weighted by atomic mass is 10.1. The van der Waals surface area contributed by atoms with Crippen LogP contribution in [0.4, 0.5) is 5.82 Å². The number of rotatable bonds is 4. The highest BCUT2D eigenvalue weighted by Gasteiger charge is 2.24. The molecule has 1 fully saturated rings. The van der Waals surface area contributed by atoms with Gasteiger partial charge in [0, 0.05) is 45.0 Å². The molecule has 1 N–H and O–H groups in total. The molecule has 8 heteroatoms. The molecule has 0 saturated carbocycles. The maximum atomic E-state index is 12.8. The maximum Gasteiger partial charge on any atom is 0.290 e. The van der Waals surface area contributed by atoms with E-state index in [4.69, 9.17) is 0 Å². The van der Waals surface area contributed by atoms with Gasteiger partial charge in [-0.3, -0.25) is 9.59 Å². The van der Waals surface area contributed by atoms with Gasteiger partial charge in [-0.05, 0) is 19.2 Å². The second kappa shape index (κ2) is 8.46. The van der Waals surface area contributed by atoms with Crippen LogP contribution >= 0.6 is 0 Å². The zero-order chi connectivity index (χ0) is 21.1. The quantitative estimate of drug-likeness (QED) is 0.720. The van der Waals surface area contributed by atoms with Crippen molar-refractivity contribution in [3.63, 3.8) is 0 Å². The van der Waals surface area contributed by atoms with Crippen LogP contribution in [0.1, 0.15) is 21.1 Å². The van der Waals surface area contributed by atoms with Crippen molar-refractivity contribution < 1.29 is 9.59 Å². The van der Waals surface area contributed by atoms with Crippen molar-refractivity contribution in [2.75, 3.05) is 38.5 Å². The summed E-state index contributed by atoms with van der Waals surface area (Å²) in [5.74, 6) is 0.132. The number of aryl methyl sites for hydroxylation is 1. The third-order valence-corrected chi connectivity index (χ3v) is 5.15. The van der Waals surface area contributed by atoms with E-state index in [2.05, 4.69) is 20.2 Å². The fourth-order valence-electron chi connectivity index (χ4n) is 3.39. The second-order valence-electron chi connectivity index (χ2n) is 7.38. The van der Waals surface area contributed by atoms with E-state index in [9.17, 15) is 9.59 Å². The van der Waals surface area contributed by atoms with Gasteiger partial charge in [-0.25, -0.2) is 9.97 Å². The Hall–Kier alpha value is -3.52. The largest absolute Gasteiger partial charge is 0.333 e. The van der Waals surface area contributed by atoms with Gasteiger partial charge in [-0.15, -0.1) is 0 Å².